The maximum Gasteiger partial charge on any atom is 0.242 e. The van der Waals surface area contributed by atoms with Crippen LogP contribution >= 0.6 is 12.4 Å². The topological polar surface area (TPSA) is 87.7 Å². The molecular formula is C13H22ClN3O4S. The number of likely N-dealkylation sites (N-methyl/N-ethyl adjacent to an activating group) is 1. The van der Waals surface area contributed by atoms with Gasteiger partial charge in [0.05, 0.1) is 23.7 Å². The summed E-state index contributed by atoms with van der Waals surface area (Å²) in [5.41, 5.74) is 0.333. The van der Waals surface area contributed by atoms with E-state index in [1.54, 1.807) is 7.05 Å². The lowest BCUT2D eigenvalue weighted by molar-refractivity contribution is -0.115. The first-order valence-electron chi connectivity index (χ1n) is 6.46. The molecule has 0 saturated carbocycles. The maximum absolute atomic E-state index is 12.1. The highest BCUT2D eigenvalue weighted by Crippen LogP contribution is 2.28. The van der Waals surface area contributed by atoms with Crippen molar-refractivity contribution >= 4 is 34.0 Å². The highest BCUT2D eigenvalue weighted by atomic mass is 35.5. The number of nitrogens with zero attached hydrogens (tertiary/aromatic N) is 1. The number of anilines is 1. The lowest BCUT2D eigenvalue weighted by Gasteiger charge is -2.15. The smallest absolute Gasteiger partial charge is 0.242 e. The molecule has 0 bridgehead atoms. The van der Waals surface area contributed by atoms with Crippen LogP contribution in [0.3, 0.4) is 0 Å². The van der Waals surface area contributed by atoms with Gasteiger partial charge in [-0.2, -0.15) is 0 Å². The third-order valence-corrected chi connectivity index (χ3v) is 4.45. The summed E-state index contributed by atoms with van der Waals surface area (Å²) < 4.78 is 30.8. The standard InChI is InChI=1S/C13H21N3O4S.ClH/c1-5-20-12-7-6-10(21(18,19)16(3)4)8-11(12)15-13(17)9-14-2;/h6-8,14H,5,9H2,1-4H3,(H,15,17);1H. The van der Waals surface area contributed by atoms with Gasteiger partial charge in [-0.1, -0.05) is 0 Å². The minimum absolute atomic E-state index is 0. The second kappa shape index (κ2) is 8.94. The van der Waals surface area contributed by atoms with Crippen LogP contribution in [0.25, 0.3) is 0 Å². The molecule has 7 nitrogen and oxygen atoms in total. The van der Waals surface area contributed by atoms with E-state index in [2.05, 4.69) is 10.6 Å². The molecule has 0 saturated heterocycles. The monoisotopic (exact) mass is 351 g/mol. The largest absolute Gasteiger partial charge is 0.492 e. The highest BCUT2D eigenvalue weighted by molar-refractivity contribution is 7.89. The van der Waals surface area contributed by atoms with Crippen molar-refractivity contribution in [3.8, 4) is 5.75 Å². The Morgan fingerprint density at radius 3 is 2.45 bits per heavy atom. The number of nitrogens with one attached hydrogen (secondary N) is 2. The Hall–Kier alpha value is -1.35. The van der Waals surface area contributed by atoms with Crippen LogP contribution in [0, 0.1) is 0 Å². The Morgan fingerprint density at radius 2 is 1.95 bits per heavy atom. The second-order valence-corrected chi connectivity index (χ2v) is 6.61. The second-order valence-electron chi connectivity index (χ2n) is 4.46. The quantitative estimate of drug-likeness (QED) is 0.762. The molecule has 0 aliphatic heterocycles. The van der Waals surface area contributed by atoms with Gasteiger partial charge in [0.2, 0.25) is 15.9 Å². The number of amides is 1. The molecule has 0 spiro atoms. The van der Waals surface area contributed by atoms with Gasteiger partial charge < -0.3 is 15.4 Å². The zero-order valence-electron chi connectivity index (χ0n) is 13.0. The van der Waals surface area contributed by atoms with Gasteiger partial charge in [-0.3, -0.25) is 4.79 Å². The number of hydrogen-bond acceptors (Lipinski definition) is 5. The van der Waals surface area contributed by atoms with E-state index in [0.29, 0.717) is 18.0 Å². The number of rotatable bonds is 7. The fourth-order valence-electron chi connectivity index (χ4n) is 1.61. The van der Waals surface area contributed by atoms with Crippen LogP contribution in [-0.4, -0.2) is 52.9 Å². The number of sulfonamides is 1. The van der Waals surface area contributed by atoms with Gasteiger partial charge in [0.25, 0.3) is 0 Å². The SMILES string of the molecule is CCOc1ccc(S(=O)(=O)N(C)C)cc1NC(=O)CNC.Cl. The Labute approximate surface area is 137 Å². The molecule has 0 aromatic heterocycles. The Bertz CT molecular complexity index is 605. The normalized spacial score (nSPS) is 11.0. The number of ether oxygens (including phenoxy) is 1. The molecule has 0 unspecified atom stereocenters. The van der Waals surface area contributed by atoms with E-state index in [4.69, 9.17) is 4.74 Å². The molecule has 126 valence electrons. The number of halogens is 1. The average Bonchev–Trinajstić information content (AvgIpc) is 2.40. The van der Waals surface area contributed by atoms with Gasteiger partial charge in [-0.25, -0.2) is 12.7 Å². The van der Waals surface area contributed by atoms with E-state index in [1.807, 2.05) is 6.92 Å². The molecule has 0 heterocycles. The molecule has 0 aliphatic rings. The van der Waals surface area contributed by atoms with Crippen LogP contribution in [0.5, 0.6) is 5.75 Å². The molecular weight excluding hydrogens is 330 g/mol. The first-order chi connectivity index (χ1) is 9.82. The maximum atomic E-state index is 12.1. The molecule has 9 heteroatoms. The summed E-state index contributed by atoms with van der Waals surface area (Å²) in [6, 6.07) is 4.39. The third-order valence-electron chi connectivity index (χ3n) is 2.64. The average molecular weight is 352 g/mol. The zero-order valence-corrected chi connectivity index (χ0v) is 14.7. The van der Waals surface area contributed by atoms with E-state index in [1.165, 1.54) is 32.3 Å². The lowest BCUT2D eigenvalue weighted by atomic mass is 10.3. The number of benzene rings is 1. The predicted octanol–water partition coefficient (Wildman–Crippen LogP) is 0.915. The molecule has 1 amide bonds. The van der Waals surface area contributed by atoms with Crippen LogP contribution in [0.15, 0.2) is 23.1 Å². The van der Waals surface area contributed by atoms with Gasteiger partial charge in [0.15, 0.2) is 0 Å². The van der Waals surface area contributed by atoms with Gasteiger partial charge in [0, 0.05) is 14.1 Å². The van der Waals surface area contributed by atoms with Crippen molar-refractivity contribution in [3.05, 3.63) is 18.2 Å². The van der Waals surface area contributed by atoms with Gasteiger partial charge in [0.1, 0.15) is 5.75 Å². The fraction of sp³-hybridized carbons (Fsp3) is 0.462. The van der Waals surface area contributed by atoms with E-state index in [-0.39, 0.29) is 29.8 Å². The molecule has 2 N–H and O–H groups in total. The molecule has 1 rings (SSSR count). The van der Waals surface area contributed by atoms with E-state index >= 15 is 0 Å². The number of hydrogen-bond donors (Lipinski definition) is 2. The van der Waals surface area contributed by atoms with E-state index < -0.39 is 10.0 Å². The summed E-state index contributed by atoms with van der Waals surface area (Å²) in [5.74, 6) is 0.150. The summed E-state index contributed by atoms with van der Waals surface area (Å²) in [5, 5.41) is 5.36. The first kappa shape index (κ1) is 20.6. The Balaban J connectivity index is 0.00000441. The first-order valence-corrected chi connectivity index (χ1v) is 7.90. The van der Waals surface area contributed by atoms with Crippen LogP contribution in [0.4, 0.5) is 5.69 Å². The summed E-state index contributed by atoms with van der Waals surface area (Å²) in [7, 11) is 0.979. The molecule has 0 fully saturated rings. The van der Waals surface area contributed by atoms with Crippen LogP contribution < -0.4 is 15.4 Å². The van der Waals surface area contributed by atoms with Crippen molar-refractivity contribution in [2.45, 2.75) is 11.8 Å². The van der Waals surface area contributed by atoms with Gasteiger partial charge in [-0.15, -0.1) is 12.4 Å². The third kappa shape index (κ3) is 5.13. The summed E-state index contributed by atoms with van der Waals surface area (Å²) in [4.78, 5) is 11.8. The molecule has 1 aromatic rings. The van der Waals surface area contributed by atoms with Crippen LogP contribution in [0.2, 0.25) is 0 Å². The van der Waals surface area contributed by atoms with Crippen molar-refractivity contribution in [1.29, 1.82) is 0 Å². The zero-order chi connectivity index (χ0) is 16.0. The number of carbonyl (C=O) groups excluding carboxylic acids is 1. The van der Waals surface area contributed by atoms with Crippen LogP contribution in [0.1, 0.15) is 6.92 Å². The minimum Gasteiger partial charge on any atom is -0.492 e. The van der Waals surface area contributed by atoms with Crippen molar-refractivity contribution in [3.63, 3.8) is 0 Å². The lowest BCUT2D eigenvalue weighted by Crippen LogP contribution is -2.26. The van der Waals surface area contributed by atoms with E-state index in [0.717, 1.165) is 4.31 Å². The predicted molar refractivity (Wildman–Crippen MR) is 88.3 cm³/mol. The number of carbonyl (C=O) groups is 1. The fourth-order valence-corrected chi connectivity index (χ4v) is 2.54. The van der Waals surface area contributed by atoms with Crippen LogP contribution in [-0.2, 0) is 14.8 Å². The molecule has 22 heavy (non-hydrogen) atoms. The molecule has 0 radical (unpaired) electrons. The summed E-state index contributed by atoms with van der Waals surface area (Å²) >= 11 is 0. The molecule has 0 atom stereocenters. The van der Waals surface area contributed by atoms with E-state index in [9.17, 15) is 13.2 Å². The van der Waals surface area contributed by atoms with Crippen molar-refractivity contribution in [2.24, 2.45) is 0 Å². The Kier molecular flexibility index (Phi) is 8.39. The summed E-state index contributed by atoms with van der Waals surface area (Å²) in [6.07, 6.45) is 0. The van der Waals surface area contributed by atoms with Gasteiger partial charge in [-0.05, 0) is 32.2 Å². The van der Waals surface area contributed by atoms with Crippen molar-refractivity contribution < 1.29 is 17.9 Å². The summed E-state index contributed by atoms with van der Waals surface area (Å²) in [6.45, 7) is 2.34. The van der Waals surface area contributed by atoms with Gasteiger partial charge >= 0.3 is 0 Å². The molecule has 0 aliphatic carbocycles. The van der Waals surface area contributed by atoms with Crippen molar-refractivity contribution in [2.75, 3.05) is 39.6 Å². The minimum atomic E-state index is -3.57. The Morgan fingerprint density at radius 1 is 1.32 bits per heavy atom. The highest BCUT2D eigenvalue weighted by Gasteiger charge is 2.19. The van der Waals surface area contributed by atoms with Crippen molar-refractivity contribution in [1.82, 2.24) is 9.62 Å². The molecule has 1 aromatic carbocycles.